The molecule has 3 rings (SSSR count). The Labute approximate surface area is 113 Å². The molecule has 0 spiro atoms. The second kappa shape index (κ2) is 5.84. The monoisotopic (exact) mass is 257 g/mol. The maximum Gasteiger partial charge on any atom is 0.121 e. The molecule has 3 heterocycles. The van der Waals surface area contributed by atoms with E-state index in [0.717, 1.165) is 25.5 Å². The predicted molar refractivity (Wildman–Crippen MR) is 74.7 cm³/mol. The van der Waals surface area contributed by atoms with Crippen molar-refractivity contribution in [3.63, 3.8) is 0 Å². The van der Waals surface area contributed by atoms with Gasteiger partial charge in [-0.3, -0.25) is 15.0 Å². The molecule has 1 aliphatic heterocycles. The molecule has 0 aliphatic carbocycles. The van der Waals surface area contributed by atoms with Crippen LogP contribution in [-0.4, -0.2) is 39.2 Å². The second-order valence-electron chi connectivity index (χ2n) is 5.03. The third kappa shape index (κ3) is 3.32. The minimum Gasteiger partial charge on any atom is -0.368 e. The number of anilines is 1. The molecule has 0 saturated carbocycles. The molecule has 2 aromatic rings. The third-order valence-corrected chi connectivity index (χ3v) is 3.58. The van der Waals surface area contributed by atoms with Gasteiger partial charge in [-0.1, -0.05) is 6.07 Å². The van der Waals surface area contributed by atoms with Gasteiger partial charge in [-0.15, -0.1) is 0 Å². The molecule has 2 aromatic heterocycles. The van der Waals surface area contributed by atoms with E-state index in [0.29, 0.717) is 6.04 Å². The van der Waals surface area contributed by atoms with Crippen LogP contribution in [0.5, 0.6) is 0 Å². The van der Waals surface area contributed by atoms with Crippen molar-refractivity contribution in [2.75, 3.05) is 18.4 Å². The summed E-state index contributed by atoms with van der Waals surface area (Å²) in [5.41, 5.74) is 1.29. The Kier molecular flexibility index (Phi) is 3.74. The zero-order valence-electron chi connectivity index (χ0n) is 10.9. The van der Waals surface area contributed by atoms with Gasteiger partial charge in [-0.25, -0.2) is 0 Å². The molecule has 5 nitrogen and oxygen atoms in total. The predicted octanol–water partition coefficient (Wildman–Crippen LogP) is 1.88. The van der Waals surface area contributed by atoms with Crippen LogP contribution in [0.15, 0.2) is 36.8 Å². The fourth-order valence-electron chi connectivity index (χ4n) is 2.54. The summed E-state index contributed by atoms with van der Waals surface area (Å²) < 4.78 is 0. The van der Waals surface area contributed by atoms with Gasteiger partial charge in [0.1, 0.15) is 5.82 Å². The number of likely N-dealkylation sites (tertiary alicyclic amines) is 1. The summed E-state index contributed by atoms with van der Waals surface area (Å²) in [6.45, 7) is 3.26. The molecule has 1 saturated heterocycles. The molecule has 2 N–H and O–H groups in total. The summed E-state index contributed by atoms with van der Waals surface area (Å²) >= 11 is 0. The fourth-order valence-corrected chi connectivity index (χ4v) is 2.54. The minimum atomic E-state index is 0.547. The first-order chi connectivity index (χ1) is 9.40. The Balaban J connectivity index is 1.47. The standard InChI is InChI=1S/C14H19N5/c1-2-12(10-15-6-1)11-19-8-4-13(5-9-19)17-14-3-7-16-18-14/h1-3,6-7,10,13H,4-5,8-9,11H2,(H2,16,17,18). The number of hydrogen-bond donors (Lipinski definition) is 2. The average Bonchev–Trinajstić information content (AvgIpc) is 2.95. The van der Waals surface area contributed by atoms with E-state index in [2.05, 4.69) is 31.5 Å². The number of nitrogens with one attached hydrogen (secondary N) is 2. The summed E-state index contributed by atoms with van der Waals surface area (Å²) in [7, 11) is 0. The smallest absolute Gasteiger partial charge is 0.121 e. The molecule has 1 aliphatic rings. The van der Waals surface area contributed by atoms with E-state index in [-0.39, 0.29) is 0 Å². The Morgan fingerprint density at radius 2 is 2.16 bits per heavy atom. The SMILES string of the molecule is c1cncc(CN2CCC(Nc3ccn[nH]3)CC2)c1. The molecule has 1 fully saturated rings. The van der Waals surface area contributed by atoms with Crippen LogP contribution in [0.1, 0.15) is 18.4 Å². The number of nitrogens with zero attached hydrogens (tertiary/aromatic N) is 3. The normalized spacial score (nSPS) is 17.5. The first-order valence-corrected chi connectivity index (χ1v) is 6.77. The number of rotatable bonds is 4. The highest BCUT2D eigenvalue weighted by Gasteiger charge is 2.19. The van der Waals surface area contributed by atoms with Crippen LogP contribution in [0.3, 0.4) is 0 Å². The topological polar surface area (TPSA) is 56.8 Å². The van der Waals surface area contributed by atoms with E-state index in [9.17, 15) is 0 Å². The molecule has 19 heavy (non-hydrogen) atoms. The highest BCUT2D eigenvalue weighted by Crippen LogP contribution is 2.16. The molecule has 5 heteroatoms. The Morgan fingerprint density at radius 3 is 2.84 bits per heavy atom. The Bertz CT molecular complexity index is 474. The van der Waals surface area contributed by atoms with Gasteiger partial charge < -0.3 is 5.32 Å². The highest BCUT2D eigenvalue weighted by atomic mass is 15.2. The van der Waals surface area contributed by atoms with Gasteiger partial charge in [-0.2, -0.15) is 5.10 Å². The van der Waals surface area contributed by atoms with Crippen LogP contribution < -0.4 is 5.32 Å². The molecule has 100 valence electrons. The summed E-state index contributed by atoms with van der Waals surface area (Å²) in [6, 6.07) is 6.66. The Morgan fingerprint density at radius 1 is 1.26 bits per heavy atom. The van der Waals surface area contributed by atoms with Gasteiger partial charge in [0.25, 0.3) is 0 Å². The van der Waals surface area contributed by atoms with Crippen molar-refractivity contribution < 1.29 is 0 Å². The molecule has 0 aromatic carbocycles. The van der Waals surface area contributed by atoms with Crippen LogP contribution in [-0.2, 0) is 6.54 Å². The number of H-pyrrole nitrogens is 1. The molecule has 0 unspecified atom stereocenters. The van der Waals surface area contributed by atoms with Crippen molar-refractivity contribution in [1.29, 1.82) is 0 Å². The summed E-state index contributed by atoms with van der Waals surface area (Å²) in [5, 5.41) is 10.4. The largest absolute Gasteiger partial charge is 0.368 e. The summed E-state index contributed by atoms with van der Waals surface area (Å²) in [4.78, 5) is 6.65. The lowest BCUT2D eigenvalue weighted by atomic mass is 10.0. The lowest BCUT2D eigenvalue weighted by Gasteiger charge is -2.32. The molecule has 0 radical (unpaired) electrons. The van der Waals surface area contributed by atoms with Crippen molar-refractivity contribution in [2.24, 2.45) is 0 Å². The first kappa shape index (κ1) is 12.2. The van der Waals surface area contributed by atoms with Gasteiger partial charge in [0.2, 0.25) is 0 Å². The van der Waals surface area contributed by atoms with E-state index in [1.807, 2.05) is 24.5 Å². The maximum atomic E-state index is 4.16. The number of piperidine rings is 1. The van der Waals surface area contributed by atoms with Gasteiger partial charge in [0.05, 0.1) is 6.20 Å². The minimum absolute atomic E-state index is 0.547. The summed E-state index contributed by atoms with van der Waals surface area (Å²) in [6.07, 6.45) is 7.89. The average molecular weight is 257 g/mol. The van der Waals surface area contributed by atoms with Crippen LogP contribution in [0.4, 0.5) is 5.82 Å². The van der Waals surface area contributed by atoms with Crippen molar-refractivity contribution in [2.45, 2.75) is 25.4 Å². The van der Waals surface area contributed by atoms with Gasteiger partial charge in [-0.05, 0) is 30.5 Å². The van der Waals surface area contributed by atoms with E-state index in [4.69, 9.17) is 0 Å². The third-order valence-electron chi connectivity index (χ3n) is 3.58. The van der Waals surface area contributed by atoms with Crippen LogP contribution in [0.25, 0.3) is 0 Å². The van der Waals surface area contributed by atoms with Crippen LogP contribution in [0, 0.1) is 0 Å². The van der Waals surface area contributed by atoms with E-state index < -0.39 is 0 Å². The zero-order chi connectivity index (χ0) is 12.9. The fraction of sp³-hybridized carbons (Fsp3) is 0.429. The van der Waals surface area contributed by atoms with Gasteiger partial charge in [0, 0.05) is 38.1 Å². The number of pyridine rings is 1. The quantitative estimate of drug-likeness (QED) is 0.878. The first-order valence-electron chi connectivity index (χ1n) is 6.77. The van der Waals surface area contributed by atoms with Crippen molar-refractivity contribution in [3.05, 3.63) is 42.4 Å². The number of hydrogen-bond acceptors (Lipinski definition) is 4. The van der Waals surface area contributed by atoms with Crippen molar-refractivity contribution >= 4 is 5.82 Å². The van der Waals surface area contributed by atoms with Crippen LogP contribution in [0.2, 0.25) is 0 Å². The van der Waals surface area contributed by atoms with Crippen molar-refractivity contribution in [3.8, 4) is 0 Å². The molecule has 0 atom stereocenters. The molecule has 0 bridgehead atoms. The lowest BCUT2D eigenvalue weighted by Crippen LogP contribution is -2.38. The molecular weight excluding hydrogens is 238 g/mol. The molecule has 0 amide bonds. The number of aromatic nitrogens is 3. The summed E-state index contributed by atoms with van der Waals surface area (Å²) in [5.74, 6) is 1.02. The maximum absolute atomic E-state index is 4.16. The van der Waals surface area contributed by atoms with Crippen molar-refractivity contribution in [1.82, 2.24) is 20.1 Å². The zero-order valence-corrected chi connectivity index (χ0v) is 10.9. The van der Waals surface area contributed by atoms with Gasteiger partial charge in [0.15, 0.2) is 0 Å². The highest BCUT2D eigenvalue weighted by molar-refractivity contribution is 5.33. The molecular formula is C14H19N5. The second-order valence-corrected chi connectivity index (χ2v) is 5.03. The van der Waals surface area contributed by atoms with Gasteiger partial charge >= 0.3 is 0 Å². The Hall–Kier alpha value is -1.88. The van der Waals surface area contributed by atoms with E-state index in [1.165, 1.54) is 18.4 Å². The lowest BCUT2D eigenvalue weighted by molar-refractivity contribution is 0.211. The van der Waals surface area contributed by atoms with E-state index in [1.54, 1.807) is 6.20 Å². The number of aromatic amines is 1. The van der Waals surface area contributed by atoms with E-state index >= 15 is 0 Å². The van der Waals surface area contributed by atoms with Crippen LogP contribution >= 0.6 is 0 Å².